The molecule has 2 rings (SSSR count). The molecular weight excluding hydrogens is 316 g/mol. The topological polar surface area (TPSA) is 44.8 Å². The molecule has 0 saturated carbocycles. The minimum atomic E-state index is -0.483. The van der Waals surface area contributed by atoms with Gasteiger partial charge in [-0.2, -0.15) is 0 Å². The summed E-state index contributed by atoms with van der Waals surface area (Å²) in [4.78, 5) is 12.1. The van der Waals surface area contributed by atoms with E-state index in [1.807, 2.05) is 32.9 Å². The molecule has 0 N–H and O–H groups in total. The van der Waals surface area contributed by atoms with Gasteiger partial charge in [-0.25, -0.2) is 0 Å². The Hall–Kier alpha value is -1.97. The molecule has 0 aromatic heterocycles. The second-order valence-corrected chi connectivity index (χ2v) is 7.63. The number of carbonyl (C=O) groups excluding carboxylic acids is 1. The number of hydrogen-bond acceptors (Lipinski definition) is 4. The first-order valence-corrected chi connectivity index (χ1v) is 8.90. The molecule has 25 heavy (non-hydrogen) atoms. The molecule has 1 aliphatic rings. The molecule has 0 saturated heterocycles. The number of para-hydroxylation sites is 1. The van der Waals surface area contributed by atoms with Gasteiger partial charge in [-0.1, -0.05) is 24.3 Å². The minimum absolute atomic E-state index is 0.167. The standard InChI is InChI=1S/C21H30O4/c1-20(2,3)19(22)25-15-14-21(12-7-6-8-13-21)16-10-9-11-17(23-4)18(16)24-5/h7,9-12H,6,8,13-15H2,1-5H3/t21-/m1/s1. The van der Waals surface area contributed by atoms with Crippen LogP contribution in [0.25, 0.3) is 0 Å². The molecule has 1 aromatic carbocycles. The van der Waals surface area contributed by atoms with Crippen molar-refractivity contribution in [1.29, 1.82) is 0 Å². The maximum atomic E-state index is 12.1. The fraction of sp³-hybridized carbons (Fsp3) is 0.571. The van der Waals surface area contributed by atoms with E-state index in [0.717, 1.165) is 42.7 Å². The van der Waals surface area contributed by atoms with Gasteiger partial charge in [-0.3, -0.25) is 4.79 Å². The van der Waals surface area contributed by atoms with E-state index < -0.39 is 5.41 Å². The molecule has 0 aliphatic heterocycles. The lowest BCUT2D eigenvalue weighted by molar-refractivity contribution is -0.153. The van der Waals surface area contributed by atoms with Gasteiger partial charge in [0.15, 0.2) is 11.5 Å². The fourth-order valence-corrected chi connectivity index (χ4v) is 3.32. The summed E-state index contributed by atoms with van der Waals surface area (Å²) in [5, 5.41) is 0. The van der Waals surface area contributed by atoms with Crippen molar-refractivity contribution in [3.05, 3.63) is 35.9 Å². The Morgan fingerprint density at radius 3 is 2.52 bits per heavy atom. The van der Waals surface area contributed by atoms with Gasteiger partial charge in [0, 0.05) is 11.0 Å². The number of esters is 1. The molecule has 0 heterocycles. The van der Waals surface area contributed by atoms with E-state index in [1.165, 1.54) is 0 Å². The van der Waals surface area contributed by atoms with E-state index >= 15 is 0 Å². The van der Waals surface area contributed by atoms with Crippen molar-refractivity contribution in [2.75, 3.05) is 20.8 Å². The average molecular weight is 346 g/mol. The molecule has 138 valence electrons. The summed E-state index contributed by atoms with van der Waals surface area (Å²) in [6.07, 6.45) is 8.38. The highest BCUT2D eigenvalue weighted by atomic mass is 16.5. The summed E-state index contributed by atoms with van der Waals surface area (Å²) >= 11 is 0. The molecule has 0 unspecified atom stereocenters. The van der Waals surface area contributed by atoms with Crippen molar-refractivity contribution in [1.82, 2.24) is 0 Å². The summed E-state index contributed by atoms with van der Waals surface area (Å²) in [5.41, 5.74) is 0.414. The van der Waals surface area contributed by atoms with Crippen LogP contribution in [0, 0.1) is 5.41 Å². The van der Waals surface area contributed by atoms with Gasteiger partial charge in [0.1, 0.15) is 0 Å². The molecule has 4 nitrogen and oxygen atoms in total. The second-order valence-electron chi connectivity index (χ2n) is 7.63. The zero-order valence-corrected chi connectivity index (χ0v) is 16.1. The molecule has 0 amide bonds. The van der Waals surface area contributed by atoms with Crippen LogP contribution in [0.5, 0.6) is 11.5 Å². The van der Waals surface area contributed by atoms with Gasteiger partial charge in [-0.15, -0.1) is 0 Å². The molecule has 0 spiro atoms. The molecule has 0 radical (unpaired) electrons. The number of ether oxygens (including phenoxy) is 3. The molecule has 1 aliphatic carbocycles. The monoisotopic (exact) mass is 346 g/mol. The zero-order chi connectivity index (χ0) is 18.5. The maximum Gasteiger partial charge on any atom is 0.311 e. The highest BCUT2D eigenvalue weighted by molar-refractivity contribution is 5.75. The Morgan fingerprint density at radius 1 is 1.20 bits per heavy atom. The van der Waals surface area contributed by atoms with E-state index in [4.69, 9.17) is 14.2 Å². The van der Waals surface area contributed by atoms with E-state index in [1.54, 1.807) is 14.2 Å². The van der Waals surface area contributed by atoms with Crippen LogP contribution in [0.3, 0.4) is 0 Å². The second kappa shape index (κ2) is 7.94. The summed E-state index contributed by atoms with van der Waals surface area (Å²) < 4.78 is 16.7. The lowest BCUT2D eigenvalue weighted by Gasteiger charge is -2.35. The number of rotatable bonds is 6. The van der Waals surface area contributed by atoms with Crippen LogP contribution in [0.1, 0.15) is 52.0 Å². The van der Waals surface area contributed by atoms with E-state index in [2.05, 4.69) is 18.2 Å². The predicted octanol–water partition coefficient (Wildman–Crippen LogP) is 4.66. The quantitative estimate of drug-likeness (QED) is 0.555. The molecular formula is C21H30O4. The Bertz CT molecular complexity index is 627. The normalized spacial score (nSPS) is 20.2. The molecule has 1 aromatic rings. The largest absolute Gasteiger partial charge is 0.493 e. The third kappa shape index (κ3) is 4.36. The lowest BCUT2D eigenvalue weighted by Crippen LogP contribution is -2.30. The maximum absolute atomic E-state index is 12.1. The van der Waals surface area contributed by atoms with Crippen LogP contribution in [0.2, 0.25) is 0 Å². The Labute approximate surface area is 151 Å². The van der Waals surface area contributed by atoms with Gasteiger partial charge in [0.25, 0.3) is 0 Å². The Morgan fingerprint density at radius 2 is 1.96 bits per heavy atom. The van der Waals surface area contributed by atoms with Crippen LogP contribution < -0.4 is 9.47 Å². The summed E-state index contributed by atoms with van der Waals surface area (Å²) in [7, 11) is 3.32. The number of benzene rings is 1. The van der Waals surface area contributed by atoms with Crippen molar-refractivity contribution in [2.45, 2.75) is 51.9 Å². The van der Waals surface area contributed by atoms with E-state index in [0.29, 0.717) is 6.61 Å². The summed E-state index contributed by atoms with van der Waals surface area (Å²) in [6.45, 7) is 6.00. The van der Waals surface area contributed by atoms with Crippen LogP contribution in [0.4, 0.5) is 0 Å². The van der Waals surface area contributed by atoms with Crippen LogP contribution in [-0.4, -0.2) is 26.8 Å². The number of carbonyl (C=O) groups is 1. The third-order valence-corrected chi connectivity index (χ3v) is 4.76. The van der Waals surface area contributed by atoms with Gasteiger partial charge in [0.2, 0.25) is 0 Å². The predicted molar refractivity (Wildman–Crippen MR) is 99.2 cm³/mol. The third-order valence-electron chi connectivity index (χ3n) is 4.76. The lowest BCUT2D eigenvalue weighted by atomic mass is 9.71. The van der Waals surface area contributed by atoms with Crippen molar-refractivity contribution in [3.8, 4) is 11.5 Å². The van der Waals surface area contributed by atoms with Crippen molar-refractivity contribution in [3.63, 3.8) is 0 Å². The summed E-state index contributed by atoms with van der Waals surface area (Å²) in [5.74, 6) is 1.32. The smallest absolute Gasteiger partial charge is 0.311 e. The van der Waals surface area contributed by atoms with Gasteiger partial charge in [0.05, 0.1) is 26.2 Å². The number of methoxy groups -OCH3 is 2. The van der Waals surface area contributed by atoms with E-state index in [9.17, 15) is 4.79 Å². The highest BCUT2D eigenvalue weighted by Gasteiger charge is 2.35. The molecule has 1 atom stereocenters. The van der Waals surface area contributed by atoms with Gasteiger partial charge < -0.3 is 14.2 Å². The Balaban J connectivity index is 2.29. The molecule has 0 fully saturated rings. The van der Waals surface area contributed by atoms with Crippen molar-refractivity contribution >= 4 is 5.97 Å². The first-order chi connectivity index (χ1) is 11.8. The fourth-order valence-electron chi connectivity index (χ4n) is 3.32. The van der Waals surface area contributed by atoms with E-state index in [-0.39, 0.29) is 11.4 Å². The molecule has 4 heteroatoms. The molecule has 0 bridgehead atoms. The minimum Gasteiger partial charge on any atom is -0.493 e. The van der Waals surface area contributed by atoms with Crippen molar-refractivity contribution in [2.24, 2.45) is 5.41 Å². The number of hydrogen-bond donors (Lipinski definition) is 0. The first-order valence-electron chi connectivity index (χ1n) is 8.90. The van der Waals surface area contributed by atoms with Crippen molar-refractivity contribution < 1.29 is 19.0 Å². The van der Waals surface area contributed by atoms with Gasteiger partial charge in [-0.05, 0) is 52.5 Å². The van der Waals surface area contributed by atoms with Crippen LogP contribution in [0.15, 0.2) is 30.4 Å². The highest BCUT2D eigenvalue weighted by Crippen LogP contribution is 2.45. The Kier molecular flexibility index (Phi) is 6.15. The van der Waals surface area contributed by atoms with Crippen LogP contribution >= 0.6 is 0 Å². The zero-order valence-electron chi connectivity index (χ0n) is 16.1. The van der Waals surface area contributed by atoms with Crippen LogP contribution in [-0.2, 0) is 14.9 Å². The van der Waals surface area contributed by atoms with Gasteiger partial charge >= 0.3 is 5.97 Å². The average Bonchev–Trinajstić information content (AvgIpc) is 2.60. The SMILES string of the molecule is COc1cccc([C@]2(CCOC(=O)C(C)(C)C)C=CCCC2)c1OC. The summed E-state index contributed by atoms with van der Waals surface area (Å²) in [6, 6.07) is 5.98. The first kappa shape index (κ1) is 19.4. The number of allylic oxidation sites excluding steroid dienone is 2.